The average Bonchev–Trinajstić information content (AvgIpc) is 3.58. The molecular weight excluding hydrogens is 404 g/mol. The molecule has 0 amide bonds. The lowest BCUT2D eigenvalue weighted by Gasteiger charge is -2.32. The number of aliphatic hydroxyl groups excluding tert-OH is 2. The van der Waals surface area contributed by atoms with E-state index in [-0.39, 0.29) is 18.8 Å². The van der Waals surface area contributed by atoms with Crippen molar-refractivity contribution in [1.29, 1.82) is 0 Å². The van der Waals surface area contributed by atoms with E-state index in [0.29, 0.717) is 43.6 Å². The topological polar surface area (TPSA) is 68.2 Å². The molecular formula is C24H29ClO5. The molecule has 0 aromatic heterocycles. The maximum atomic E-state index is 10.1. The second kappa shape index (κ2) is 10.1. The molecule has 162 valence electrons. The molecule has 1 heterocycles. The van der Waals surface area contributed by atoms with E-state index in [0.717, 1.165) is 22.4 Å². The van der Waals surface area contributed by atoms with Gasteiger partial charge in [-0.3, -0.25) is 0 Å². The highest BCUT2D eigenvalue weighted by Gasteiger charge is 2.29. The van der Waals surface area contributed by atoms with Crippen molar-refractivity contribution in [1.82, 2.24) is 0 Å². The lowest BCUT2D eigenvalue weighted by molar-refractivity contribution is -0.113. The van der Waals surface area contributed by atoms with Gasteiger partial charge in [0.2, 0.25) is 0 Å². The van der Waals surface area contributed by atoms with Crippen LogP contribution >= 0.6 is 11.6 Å². The number of ether oxygens (including phenoxy) is 3. The molecule has 1 unspecified atom stereocenters. The number of aliphatic hydroxyl groups is 2. The second-order valence-electron chi connectivity index (χ2n) is 8.14. The summed E-state index contributed by atoms with van der Waals surface area (Å²) < 4.78 is 17.3. The Balaban J connectivity index is 1.37. The summed E-state index contributed by atoms with van der Waals surface area (Å²) >= 11 is 6.45. The molecule has 1 saturated heterocycles. The van der Waals surface area contributed by atoms with E-state index >= 15 is 0 Å². The van der Waals surface area contributed by atoms with Crippen LogP contribution in [0, 0.1) is 0 Å². The van der Waals surface area contributed by atoms with Crippen LogP contribution in [-0.4, -0.2) is 48.3 Å². The van der Waals surface area contributed by atoms with Gasteiger partial charge in [-0.05, 0) is 54.2 Å². The summed E-state index contributed by atoms with van der Waals surface area (Å²) in [5, 5.41) is 20.2. The Kier molecular flexibility index (Phi) is 7.28. The lowest BCUT2D eigenvalue weighted by atomic mass is 9.94. The van der Waals surface area contributed by atoms with Crippen molar-refractivity contribution in [2.45, 2.75) is 56.5 Å². The van der Waals surface area contributed by atoms with Gasteiger partial charge in [-0.25, -0.2) is 0 Å². The van der Waals surface area contributed by atoms with Crippen LogP contribution in [0.2, 0.25) is 5.02 Å². The Bertz CT molecular complexity index is 821. The van der Waals surface area contributed by atoms with Crippen LogP contribution in [0.3, 0.4) is 0 Å². The molecule has 2 aromatic rings. The third-order valence-electron chi connectivity index (χ3n) is 5.57. The van der Waals surface area contributed by atoms with Gasteiger partial charge in [0.1, 0.15) is 12.4 Å². The van der Waals surface area contributed by atoms with E-state index in [9.17, 15) is 10.2 Å². The van der Waals surface area contributed by atoms with Crippen molar-refractivity contribution in [3.05, 3.63) is 64.2 Å². The molecule has 1 aliphatic heterocycles. The van der Waals surface area contributed by atoms with Gasteiger partial charge in [0.05, 0.1) is 37.6 Å². The Hall–Kier alpha value is -1.63. The summed E-state index contributed by atoms with van der Waals surface area (Å²) in [6.45, 7) is 1.10. The monoisotopic (exact) mass is 432 g/mol. The van der Waals surface area contributed by atoms with Gasteiger partial charge in [0.15, 0.2) is 0 Å². The lowest BCUT2D eigenvalue weighted by Crippen LogP contribution is -2.33. The molecule has 0 bridgehead atoms. The predicted molar refractivity (Wildman–Crippen MR) is 115 cm³/mol. The van der Waals surface area contributed by atoms with Gasteiger partial charge in [0.25, 0.3) is 0 Å². The van der Waals surface area contributed by atoms with Crippen LogP contribution < -0.4 is 4.74 Å². The van der Waals surface area contributed by atoms with E-state index in [1.807, 2.05) is 42.5 Å². The summed E-state index contributed by atoms with van der Waals surface area (Å²) in [6, 6.07) is 13.9. The maximum Gasteiger partial charge on any atom is 0.119 e. The zero-order chi connectivity index (χ0) is 20.9. The molecule has 0 spiro atoms. The Morgan fingerprint density at radius 2 is 1.83 bits per heavy atom. The minimum Gasteiger partial charge on any atom is -0.491 e. The normalized spacial score (nSPS) is 24.0. The highest BCUT2D eigenvalue weighted by Crippen LogP contribution is 2.34. The molecule has 2 fully saturated rings. The summed E-state index contributed by atoms with van der Waals surface area (Å²) in [5.74, 6) is 0.831. The highest BCUT2D eigenvalue weighted by molar-refractivity contribution is 6.31. The number of rotatable bonds is 9. The van der Waals surface area contributed by atoms with Gasteiger partial charge in [-0.1, -0.05) is 35.9 Å². The number of hydrogen-bond acceptors (Lipinski definition) is 5. The van der Waals surface area contributed by atoms with Crippen molar-refractivity contribution < 1.29 is 24.4 Å². The van der Waals surface area contributed by atoms with Crippen molar-refractivity contribution in [3.8, 4) is 5.75 Å². The van der Waals surface area contributed by atoms with Crippen LogP contribution in [-0.2, 0) is 15.9 Å². The third-order valence-corrected chi connectivity index (χ3v) is 5.94. The Morgan fingerprint density at radius 1 is 1.03 bits per heavy atom. The fraction of sp³-hybridized carbons (Fsp3) is 0.500. The molecule has 30 heavy (non-hydrogen) atoms. The Labute approximate surface area is 182 Å². The van der Waals surface area contributed by atoms with Crippen LogP contribution in [0.15, 0.2) is 42.5 Å². The first-order valence-electron chi connectivity index (χ1n) is 10.7. The first kappa shape index (κ1) is 21.6. The molecule has 2 N–H and O–H groups in total. The molecule has 1 aliphatic carbocycles. The van der Waals surface area contributed by atoms with E-state index < -0.39 is 6.10 Å². The second-order valence-corrected chi connectivity index (χ2v) is 8.55. The molecule has 6 heteroatoms. The van der Waals surface area contributed by atoms with E-state index in [4.69, 9.17) is 25.8 Å². The van der Waals surface area contributed by atoms with Gasteiger partial charge in [-0.2, -0.15) is 0 Å². The zero-order valence-corrected chi connectivity index (χ0v) is 17.8. The summed E-state index contributed by atoms with van der Waals surface area (Å²) in [7, 11) is 0. The van der Waals surface area contributed by atoms with Crippen molar-refractivity contribution in [2.24, 2.45) is 0 Å². The average molecular weight is 433 g/mol. The number of halogens is 1. The van der Waals surface area contributed by atoms with Gasteiger partial charge in [-0.15, -0.1) is 0 Å². The summed E-state index contributed by atoms with van der Waals surface area (Å²) in [4.78, 5) is 0. The fourth-order valence-electron chi connectivity index (χ4n) is 3.79. The van der Waals surface area contributed by atoms with Crippen LogP contribution in [0.5, 0.6) is 5.75 Å². The third kappa shape index (κ3) is 5.96. The van der Waals surface area contributed by atoms with Crippen LogP contribution in [0.1, 0.15) is 48.5 Å². The Morgan fingerprint density at radius 3 is 2.57 bits per heavy atom. The first-order chi connectivity index (χ1) is 14.6. The molecule has 2 aliphatic rings. The fourth-order valence-corrected chi connectivity index (χ4v) is 3.97. The van der Waals surface area contributed by atoms with Gasteiger partial charge < -0.3 is 24.4 Å². The number of hydrogen-bond donors (Lipinski definition) is 2. The highest BCUT2D eigenvalue weighted by atomic mass is 35.5. The summed E-state index contributed by atoms with van der Waals surface area (Å²) in [6.07, 6.45) is 3.44. The molecule has 0 radical (unpaired) electrons. The SMILES string of the molecule is OC[C@@H]1C[C@H](O)CC(c2ccc(Cl)c(Cc3ccc(OCCOC4CC4)cc3)c2)O1. The molecule has 5 nitrogen and oxygen atoms in total. The van der Waals surface area contributed by atoms with E-state index in [2.05, 4.69) is 0 Å². The molecule has 3 atom stereocenters. The molecule has 4 rings (SSSR count). The zero-order valence-electron chi connectivity index (χ0n) is 17.0. The minimum atomic E-state index is -0.470. The van der Waals surface area contributed by atoms with Gasteiger partial charge >= 0.3 is 0 Å². The molecule has 1 saturated carbocycles. The van der Waals surface area contributed by atoms with Crippen LogP contribution in [0.4, 0.5) is 0 Å². The largest absolute Gasteiger partial charge is 0.491 e. The minimum absolute atomic E-state index is 0.0882. The van der Waals surface area contributed by atoms with Crippen LogP contribution in [0.25, 0.3) is 0 Å². The first-order valence-corrected chi connectivity index (χ1v) is 11.0. The van der Waals surface area contributed by atoms with Crippen molar-refractivity contribution >= 4 is 11.6 Å². The van der Waals surface area contributed by atoms with E-state index in [1.165, 1.54) is 12.8 Å². The van der Waals surface area contributed by atoms with Crippen molar-refractivity contribution in [3.63, 3.8) is 0 Å². The standard InChI is InChI=1S/C24H29ClO5/c25-23-8-3-17(24-14-19(27)13-22(15-26)30-24)12-18(23)11-16-1-4-20(5-2-16)28-9-10-29-21-6-7-21/h1-5,8,12,19,21-22,24,26-27H,6-7,9-11,13-15H2/t19-,22-,24?/m0/s1. The smallest absolute Gasteiger partial charge is 0.119 e. The number of benzene rings is 2. The maximum absolute atomic E-state index is 10.1. The summed E-state index contributed by atoms with van der Waals surface area (Å²) in [5.41, 5.74) is 3.11. The predicted octanol–water partition coefficient (Wildman–Crippen LogP) is 4.06. The quantitative estimate of drug-likeness (QED) is 0.585. The van der Waals surface area contributed by atoms with Gasteiger partial charge in [0, 0.05) is 17.9 Å². The van der Waals surface area contributed by atoms with E-state index in [1.54, 1.807) is 0 Å². The van der Waals surface area contributed by atoms with Crippen molar-refractivity contribution in [2.75, 3.05) is 19.8 Å². The molecule has 2 aromatic carbocycles.